The van der Waals surface area contributed by atoms with Crippen LogP contribution in [0.4, 0.5) is 0 Å². The van der Waals surface area contributed by atoms with E-state index in [4.69, 9.17) is 9.47 Å². The lowest BCUT2D eigenvalue weighted by Gasteiger charge is -2.36. The van der Waals surface area contributed by atoms with Crippen LogP contribution < -0.4 is 0 Å². The average Bonchev–Trinajstić information content (AvgIpc) is 2.10. The quantitative estimate of drug-likeness (QED) is 0.538. The molecule has 1 aliphatic rings. The Morgan fingerprint density at radius 3 is 2.09 bits per heavy atom. The van der Waals surface area contributed by atoms with E-state index < -0.39 is 5.79 Å². The highest BCUT2D eigenvalue weighted by molar-refractivity contribution is 4.84. The molecule has 0 unspecified atom stereocenters. The van der Waals surface area contributed by atoms with Crippen LogP contribution in [0.15, 0.2) is 0 Å². The summed E-state index contributed by atoms with van der Waals surface area (Å²) >= 11 is 0. The Kier molecular flexibility index (Phi) is 2.01. The van der Waals surface area contributed by atoms with Gasteiger partial charge in [-0.15, -0.1) is 0 Å². The molecular weight excluding hydrogens is 140 g/mol. The van der Waals surface area contributed by atoms with E-state index in [1.54, 1.807) is 0 Å². The number of hydrogen-bond acceptors (Lipinski definition) is 2. The molecule has 0 N–H and O–H groups in total. The fourth-order valence-corrected chi connectivity index (χ4v) is 1.12. The minimum atomic E-state index is -0.396. The first kappa shape index (κ1) is 9.01. The van der Waals surface area contributed by atoms with E-state index in [9.17, 15) is 0 Å². The van der Waals surface area contributed by atoms with Crippen molar-refractivity contribution in [2.75, 3.05) is 6.61 Å². The molecule has 0 aromatic heterocycles. The monoisotopic (exact) mass is 158 g/mol. The van der Waals surface area contributed by atoms with Crippen molar-refractivity contribution in [1.29, 1.82) is 0 Å². The van der Waals surface area contributed by atoms with Crippen molar-refractivity contribution >= 4 is 0 Å². The molecule has 0 radical (unpaired) electrons. The lowest BCUT2D eigenvalue weighted by Crippen LogP contribution is -2.41. The number of hydrogen-bond donors (Lipinski definition) is 0. The maximum atomic E-state index is 5.69. The lowest BCUT2D eigenvalue weighted by atomic mass is 9.87. The van der Waals surface area contributed by atoms with Gasteiger partial charge in [0.05, 0.1) is 12.7 Å². The zero-order chi connectivity index (χ0) is 8.70. The molecule has 1 heterocycles. The van der Waals surface area contributed by atoms with Crippen LogP contribution in [-0.4, -0.2) is 18.5 Å². The van der Waals surface area contributed by atoms with Gasteiger partial charge in [0.15, 0.2) is 5.79 Å². The molecule has 0 saturated carbocycles. The number of rotatable bonds is 0. The first-order chi connectivity index (χ1) is 4.85. The molecule has 2 atom stereocenters. The summed E-state index contributed by atoms with van der Waals surface area (Å²) in [5.41, 5.74) is 0.0533. The van der Waals surface area contributed by atoms with Crippen LogP contribution in [-0.2, 0) is 9.47 Å². The molecule has 0 aliphatic carbocycles. The first-order valence-corrected chi connectivity index (χ1v) is 4.17. The van der Waals surface area contributed by atoms with Gasteiger partial charge in [-0.25, -0.2) is 0 Å². The normalized spacial score (nSPS) is 39.5. The van der Waals surface area contributed by atoms with Crippen molar-refractivity contribution in [3.63, 3.8) is 0 Å². The van der Waals surface area contributed by atoms with Crippen molar-refractivity contribution in [2.45, 2.75) is 46.5 Å². The minimum absolute atomic E-state index is 0.0533. The SMILES string of the molecule is C[C@H]1CO[C@](C)(C(C)(C)C)O1. The van der Waals surface area contributed by atoms with Crippen LogP contribution in [0, 0.1) is 5.41 Å². The topological polar surface area (TPSA) is 18.5 Å². The molecule has 2 heteroatoms. The maximum absolute atomic E-state index is 5.69. The summed E-state index contributed by atoms with van der Waals surface area (Å²) in [5, 5.41) is 0. The van der Waals surface area contributed by atoms with E-state index >= 15 is 0 Å². The van der Waals surface area contributed by atoms with Crippen LogP contribution in [0.2, 0.25) is 0 Å². The van der Waals surface area contributed by atoms with Crippen LogP contribution in [0.1, 0.15) is 34.6 Å². The zero-order valence-corrected chi connectivity index (χ0v) is 8.10. The molecule has 1 aliphatic heterocycles. The van der Waals surface area contributed by atoms with Gasteiger partial charge in [0.25, 0.3) is 0 Å². The van der Waals surface area contributed by atoms with Crippen LogP contribution in [0.25, 0.3) is 0 Å². The smallest absolute Gasteiger partial charge is 0.170 e. The molecule has 0 amide bonds. The third kappa shape index (κ3) is 1.57. The highest BCUT2D eigenvalue weighted by Gasteiger charge is 2.45. The van der Waals surface area contributed by atoms with Crippen molar-refractivity contribution < 1.29 is 9.47 Å². The summed E-state index contributed by atoms with van der Waals surface area (Å²) in [6.45, 7) is 11.2. The second kappa shape index (κ2) is 2.46. The maximum Gasteiger partial charge on any atom is 0.170 e. The highest BCUT2D eigenvalue weighted by Crippen LogP contribution is 2.39. The van der Waals surface area contributed by atoms with E-state index in [-0.39, 0.29) is 11.5 Å². The predicted molar refractivity (Wildman–Crippen MR) is 44.4 cm³/mol. The van der Waals surface area contributed by atoms with Crippen molar-refractivity contribution in [3.8, 4) is 0 Å². The third-order valence-corrected chi connectivity index (χ3v) is 2.38. The van der Waals surface area contributed by atoms with Crippen molar-refractivity contribution in [3.05, 3.63) is 0 Å². The van der Waals surface area contributed by atoms with Crippen molar-refractivity contribution in [2.24, 2.45) is 5.41 Å². The molecule has 0 spiro atoms. The molecule has 2 nitrogen and oxygen atoms in total. The second-order valence-corrected chi connectivity index (χ2v) is 4.44. The van der Waals surface area contributed by atoms with Crippen LogP contribution in [0.5, 0.6) is 0 Å². The Labute approximate surface area is 68.9 Å². The summed E-state index contributed by atoms with van der Waals surface area (Å²) in [7, 11) is 0. The predicted octanol–water partition coefficient (Wildman–Crippen LogP) is 2.18. The van der Waals surface area contributed by atoms with Crippen LogP contribution >= 0.6 is 0 Å². The van der Waals surface area contributed by atoms with Gasteiger partial charge in [-0.2, -0.15) is 0 Å². The fraction of sp³-hybridized carbons (Fsp3) is 1.00. The third-order valence-electron chi connectivity index (χ3n) is 2.38. The van der Waals surface area contributed by atoms with Gasteiger partial charge in [0.2, 0.25) is 0 Å². The zero-order valence-electron chi connectivity index (χ0n) is 8.10. The van der Waals surface area contributed by atoms with E-state index in [0.717, 1.165) is 0 Å². The molecular formula is C9H18O2. The summed E-state index contributed by atoms with van der Waals surface area (Å²) in [6.07, 6.45) is 0.235. The average molecular weight is 158 g/mol. The van der Waals surface area contributed by atoms with E-state index in [1.807, 2.05) is 13.8 Å². The van der Waals surface area contributed by atoms with Gasteiger partial charge < -0.3 is 9.47 Å². The van der Waals surface area contributed by atoms with Crippen molar-refractivity contribution in [1.82, 2.24) is 0 Å². The minimum Gasteiger partial charge on any atom is -0.347 e. The van der Waals surface area contributed by atoms with Gasteiger partial charge >= 0.3 is 0 Å². The molecule has 0 bridgehead atoms. The van der Waals surface area contributed by atoms with Gasteiger partial charge in [-0.1, -0.05) is 20.8 Å². The molecule has 11 heavy (non-hydrogen) atoms. The lowest BCUT2D eigenvalue weighted by molar-refractivity contribution is -0.216. The molecule has 1 fully saturated rings. The van der Waals surface area contributed by atoms with E-state index in [0.29, 0.717) is 6.61 Å². The Bertz CT molecular complexity index is 148. The van der Waals surface area contributed by atoms with E-state index in [1.165, 1.54) is 0 Å². The molecule has 0 aromatic carbocycles. The van der Waals surface area contributed by atoms with Crippen LogP contribution in [0.3, 0.4) is 0 Å². The van der Waals surface area contributed by atoms with Gasteiger partial charge in [-0.3, -0.25) is 0 Å². The first-order valence-electron chi connectivity index (χ1n) is 4.17. The summed E-state index contributed by atoms with van der Waals surface area (Å²) in [5.74, 6) is -0.396. The fourth-order valence-electron chi connectivity index (χ4n) is 1.12. The summed E-state index contributed by atoms with van der Waals surface area (Å²) in [4.78, 5) is 0. The molecule has 1 rings (SSSR count). The Balaban J connectivity index is 2.69. The largest absolute Gasteiger partial charge is 0.347 e. The second-order valence-electron chi connectivity index (χ2n) is 4.44. The summed E-state index contributed by atoms with van der Waals surface area (Å²) in [6, 6.07) is 0. The number of ether oxygens (including phenoxy) is 2. The molecule has 66 valence electrons. The van der Waals surface area contributed by atoms with E-state index in [2.05, 4.69) is 20.8 Å². The van der Waals surface area contributed by atoms with Gasteiger partial charge in [-0.05, 0) is 13.8 Å². The Hall–Kier alpha value is -0.0800. The Morgan fingerprint density at radius 2 is 1.91 bits per heavy atom. The summed E-state index contributed by atoms with van der Waals surface area (Å²) < 4.78 is 11.3. The highest BCUT2D eigenvalue weighted by atomic mass is 16.7. The Morgan fingerprint density at radius 1 is 1.36 bits per heavy atom. The molecule has 1 saturated heterocycles. The van der Waals surface area contributed by atoms with Gasteiger partial charge in [0, 0.05) is 5.41 Å². The van der Waals surface area contributed by atoms with Gasteiger partial charge in [0.1, 0.15) is 0 Å². The standard InChI is InChI=1S/C9H18O2/c1-7-6-10-9(5,11-7)8(2,3)4/h7H,6H2,1-5H3/t7-,9-/m0/s1. The molecule has 0 aromatic rings.